The number of nitrogens with zero attached hydrogens (tertiary/aromatic N) is 2. The Labute approximate surface area is 87.1 Å². The van der Waals surface area contributed by atoms with Gasteiger partial charge >= 0.3 is 6.03 Å². The van der Waals surface area contributed by atoms with Crippen molar-refractivity contribution in [2.75, 3.05) is 6.54 Å². The van der Waals surface area contributed by atoms with Crippen molar-refractivity contribution in [2.45, 2.75) is 13.5 Å². The van der Waals surface area contributed by atoms with E-state index in [-0.39, 0.29) is 18.5 Å². The monoisotopic (exact) mass is 205 g/mol. The first-order valence-electron chi connectivity index (χ1n) is 4.65. The lowest BCUT2D eigenvalue weighted by molar-refractivity contribution is -0.118. The molecule has 0 aromatic carbocycles. The molecular formula is C10H11N3O2. The lowest BCUT2D eigenvalue weighted by Crippen LogP contribution is -2.28. The number of urea groups is 1. The maximum absolute atomic E-state index is 11.3. The number of imide groups is 1. The van der Waals surface area contributed by atoms with Gasteiger partial charge in [0.1, 0.15) is 6.54 Å². The predicted molar refractivity (Wildman–Crippen MR) is 52.9 cm³/mol. The highest BCUT2D eigenvalue weighted by atomic mass is 16.2. The number of amides is 3. The molecule has 1 aliphatic heterocycles. The van der Waals surface area contributed by atoms with E-state index < -0.39 is 0 Å². The fourth-order valence-corrected chi connectivity index (χ4v) is 1.50. The number of aryl methyl sites for hydroxylation is 1. The molecule has 2 heterocycles. The molecule has 3 amide bonds. The molecule has 1 saturated heterocycles. The molecular weight excluding hydrogens is 194 g/mol. The van der Waals surface area contributed by atoms with Crippen molar-refractivity contribution in [3.05, 3.63) is 29.6 Å². The predicted octanol–water partition coefficient (Wildman–Crippen LogP) is 0.442. The van der Waals surface area contributed by atoms with Crippen molar-refractivity contribution in [1.29, 1.82) is 0 Å². The number of nitrogens with one attached hydrogen (secondary N) is 1. The van der Waals surface area contributed by atoms with Crippen LogP contribution in [0, 0.1) is 6.92 Å². The summed E-state index contributed by atoms with van der Waals surface area (Å²) in [4.78, 5) is 27.7. The van der Waals surface area contributed by atoms with Gasteiger partial charge in [-0.05, 0) is 24.1 Å². The van der Waals surface area contributed by atoms with Crippen molar-refractivity contribution in [2.24, 2.45) is 0 Å². The van der Waals surface area contributed by atoms with Crippen molar-refractivity contribution < 1.29 is 9.59 Å². The maximum Gasteiger partial charge on any atom is 0.324 e. The fourth-order valence-electron chi connectivity index (χ4n) is 1.50. The van der Waals surface area contributed by atoms with Gasteiger partial charge in [-0.2, -0.15) is 0 Å². The van der Waals surface area contributed by atoms with E-state index in [4.69, 9.17) is 0 Å². The molecule has 2 rings (SSSR count). The first-order chi connectivity index (χ1) is 7.16. The number of pyridine rings is 1. The second-order valence-electron chi connectivity index (χ2n) is 3.51. The minimum absolute atomic E-state index is 0.139. The van der Waals surface area contributed by atoms with Gasteiger partial charge in [-0.3, -0.25) is 15.1 Å². The number of carbonyl (C=O) groups excluding carboxylic acids is 2. The molecule has 0 radical (unpaired) electrons. The SMILES string of the molecule is Cc1cnccc1CN1CC(=O)NC1=O. The van der Waals surface area contributed by atoms with Gasteiger partial charge < -0.3 is 4.90 Å². The Bertz CT molecular complexity index is 417. The van der Waals surface area contributed by atoms with Gasteiger partial charge in [-0.25, -0.2) is 4.79 Å². The van der Waals surface area contributed by atoms with E-state index in [1.807, 2.05) is 13.0 Å². The van der Waals surface area contributed by atoms with Gasteiger partial charge in [-0.15, -0.1) is 0 Å². The molecule has 15 heavy (non-hydrogen) atoms. The van der Waals surface area contributed by atoms with Crippen molar-refractivity contribution in [3.63, 3.8) is 0 Å². The Morgan fingerprint density at radius 1 is 1.53 bits per heavy atom. The van der Waals surface area contributed by atoms with Crippen LogP contribution in [0.25, 0.3) is 0 Å². The fraction of sp³-hybridized carbons (Fsp3) is 0.300. The first-order valence-corrected chi connectivity index (χ1v) is 4.65. The van der Waals surface area contributed by atoms with Crippen LogP contribution in [0.3, 0.4) is 0 Å². The Morgan fingerprint density at radius 2 is 2.33 bits per heavy atom. The number of carbonyl (C=O) groups is 2. The van der Waals surface area contributed by atoms with Crippen LogP contribution in [0.2, 0.25) is 0 Å². The summed E-state index contributed by atoms with van der Waals surface area (Å²) in [5, 5.41) is 2.24. The molecule has 5 nitrogen and oxygen atoms in total. The van der Waals surface area contributed by atoms with E-state index in [0.717, 1.165) is 11.1 Å². The third-order valence-electron chi connectivity index (χ3n) is 2.37. The second kappa shape index (κ2) is 3.68. The van der Waals surface area contributed by atoms with Gasteiger partial charge in [-0.1, -0.05) is 0 Å². The second-order valence-corrected chi connectivity index (χ2v) is 3.51. The van der Waals surface area contributed by atoms with Crippen LogP contribution < -0.4 is 5.32 Å². The molecule has 0 saturated carbocycles. The zero-order chi connectivity index (χ0) is 10.8. The Kier molecular flexibility index (Phi) is 2.37. The third-order valence-corrected chi connectivity index (χ3v) is 2.37. The van der Waals surface area contributed by atoms with Gasteiger partial charge in [0.05, 0.1) is 0 Å². The van der Waals surface area contributed by atoms with E-state index in [1.165, 1.54) is 4.90 Å². The van der Waals surface area contributed by atoms with E-state index in [2.05, 4.69) is 10.3 Å². The maximum atomic E-state index is 11.3. The van der Waals surface area contributed by atoms with Gasteiger partial charge in [0.2, 0.25) is 5.91 Å². The van der Waals surface area contributed by atoms with Gasteiger partial charge in [0, 0.05) is 18.9 Å². The molecule has 1 aliphatic rings. The normalized spacial score (nSPS) is 15.7. The number of aromatic nitrogens is 1. The molecule has 0 aliphatic carbocycles. The van der Waals surface area contributed by atoms with Crippen LogP contribution in [0.1, 0.15) is 11.1 Å². The number of rotatable bonds is 2. The summed E-state index contributed by atoms with van der Waals surface area (Å²) in [6.45, 7) is 2.52. The highest BCUT2D eigenvalue weighted by Crippen LogP contribution is 2.10. The summed E-state index contributed by atoms with van der Waals surface area (Å²) in [6.07, 6.45) is 3.42. The number of hydrogen-bond acceptors (Lipinski definition) is 3. The van der Waals surface area contributed by atoms with E-state index in [1.54, 1.807) is 12.4 Å². The molecule has 1 aromatic heterocycles. The highest BCUT2D eigenvalue weighted by Gasteiger charge is 2.26. The van der Waals surface area contributed by atoms with Crippen LogP contribution in [-0.4, -0.2) is 28.4 Å². The minimum atomic E-state index is -0.323. The lowest BCUT2D eigenvalue weighted by atomic mass is 10.1. The quantitative estimate of drug-likeness (QED) is 0.713. The summed E-state index contributed by atoms with van der Waals surface area (Å²) >= 11 is 0. The lowest BCUT2D eigenvalue weighted by Gasteiger charge is -2.14. The molecule has 1 aromatic rings. The van der Waals surface area contributed by atoms with Crippen LogP contribution >= 0.6 is 0 Å². The van der Waals surface area contributed by atoms with Gasteiger partial charge in [0.25, 0.3) is 0 Å². The van der Waals surface area contributed by atoms with E-state index in [0.29, 0.717) is 6.54 Å². The topological polar surface area (TPSA) is 62.3 Å². The standard InChI is InChI=1S/C10H11N3O2/c1-7-4-11-3-2-8(7)5-13-6-9(14)12-10(13)15/h2-4H,5-6H2,1H3,(H,12,14,15). The van der Waals surface area contributed by atoms with Crippen molar-refractivity contribution in [1.82, 2.24) is 15.2 Å². The van der Waals surface area contributed by atoms with Crippen LogP contribution in [0.5, 0.6) is 0 Å². The molecule has 78 valence electrons. The molecule has 5 heteroatoms. The zero-order valence-electron chi connectivity index (χ0n) is 8.36. The van der Waals surface area contributed by atoms with Crippen LogP contribution in [-0.2, 0) is 11.3 Å². The summed E-state index contributed by atoms with van der Waals surface area (Å²) in [5.41, 5.74) is 2.03. The molecule has 1 fully saturated rings. The molecule has 0 atom stereocenters. The minimum Gasteiger partial charge on any atom is -0.311 e. The van der Waals surface area contributed by atoms with Crippen LogP contribution in [0.4, 0.5) is 4.79 Å². The molecule has 0 bridgehead atoms. The van der Waals surface area contributed by atoms with Crippen molar-refractivity contribution in [3.8, 4) is 0 Å². The largest absolute Gasteiger partial charge is 0.324 e. The van der Waals surface area contributed by atoms with E-state index in [9.17, 15) is 9.59 Å². The average Bonchev–Trinajstić information content (AvgIpc) is 2.49. The van der Waals surface area contributed by atoms with Crippen molar-refractivity contribution >= 4 is 11.9 Å². The average molecular weight is 205 g/mol. The highest BCUT2D eigenvalue weighted by molar-refractivity contribution is 6.01. The summed E-state index contributed by atoms with van der Waals surface area (Å²) in [6, 6.07) is 1.53. The van der Waals surface area contributed by atoms with E-state index >= 15 is 0 Å². The number of hydrogen-bond donors (Lipinski definition) is 1. The molecule has 1 N–H and O–H groups in total. The summed E-state index contributed by atoms with van der Waals surface area (Å²) < 4.78 is 0. The Hall–Kier alpha value is -1.91. The van der Waals surface area contributed by atoms with Gasteiger partial charge in [0.15, 0.2) is 0 Å². The first kappa shape index (κ1) is 9.64. The Balaban J connectivity index is 2.13. The summed E-state index contributed by atoms with van der Waals surface area (Å²) in [5.74, 6) is -0.244. The molecule has 0 unspecified atom stereocenters. The molecule has 0 spiro atoms. The smallest absolute Gasteiger partial charge is 0.311 e. The Morgan fingerprint density at radius 3 is 2.93 bits per heavy atom. The zero-order valence-corrected chi connectivity index (χ0v) is 8.36. The third kappa shape index (κ3) is 1.96. The van der Waals surface area contributed by atoms with Crippen LogP contribution in [0.15, 0.2) is 18.5 Å². The summed E-state index contributed by atoms with van der Waals surface area (Å²) in [7, 11) is 0.